The van der Waals surface area contributed by atoms with Crippen LogP contribution in [0, 0.1) is 0 Å². The molecule has 1 aliphatic rings. The van der Waals surface area contributed by atoms with E-state index >= 15 is 0 Å². The predicted octanol–water partition coefficient (Wildman–Crippen LogP) is -5.01. The van der Waals surface area contributed by atoms with E-state index in [-0.39, 0.29) is 41.6 Å². The Morgan fingerprint density at radius 1 is 1.40 bits per heavy atom. The smallest absolute Gasteiger partial charge is 1.00 e. The van der Waals surface area contributed by atoms with Gasteiger partial charge < -0.3 is 29.6 Å². The van der Waals surface area contributed by atoms with Crippen molar-refractivity contribution in [3.05, 3.63) is 23.8 Å². The van der Waals surface area contributed by atoms with E-state index in [4.69, 9.17) is 0 Å². The van der Waals surface area contributed by atoms with Crippen molar-refractivity contribution < 1.29 is 46.4 Å². The van der Waals surface area contributed by atoms with Gasteiger partial charge in [-0.2, -0.15) is 5.57 Å². The van der Waals surface area contributed by atoms with Crippen molar-refractivity contribution in [1.82, 2.24) is 0 Å². The van der Waals surface area contributed by atoms with Gasteiger partial charge in [0.2, 0.25) is 0 Å². The third-order valence-corrected chi connectivity index (χ3v) is 0.902. The minimum Gasteiger partial charge on any atom is -1.00 e. The molecule has 0 saturated carbocycles. The normalized spacial score (nSPS) is 11.8. The fraction of sp³-hybridized carbons (Fsp3) is 0.167. The molecule has 1 aliphatic carbocycles. The zero-order chi connectivity index (χ0) is 5.11. The van der Waals surface area contributed by atoms with Crippen LogP contribution in [0.3, 0.4) is 0 Å². The molecule has 1 rings (SSSR count). The van der Waals surface area contributed by atoms with Gasteiger partial charge in [-0.3, -0.25) is 0 Å². The third-order valence-electron chi connectivity index (χ3n) is 0.902. The van der Waals surface area contributed by atoms with Gasteiger partial charge in [0.05, 0.1) is 0 Å². The molecule has 0 aromatic rings. The Morgan fingerprint density at radius 3 is 2.20 bits per heavy atom. The van der Waals surface area contributed by atoms with E-state index in [1.165, 1.54) is 0 Å². The maximum atomic E-state index is 9.77. The second kappa shape index (κ2) is 9.24. The first-order valence-corrected chi connectivity index (χ1v) is 2.17. The molecule has 0 fully saturated rings. The van der Waals surface area contributed by atoms with Crippen molar-refractivity contribution >= 4 is 6.29 Å². The summed E-state index contributed by atoms with van der Waals surface area (Å²) in [6.45, 7) is 0. The molecule has 0 atom stereocenters. The van der Waals surface area contributed by atoms with Gasteiger partial charge in [0.15, 0.2) is 0 Å². The molecule has 4 heteroatoms. The molecule has 0 spiro atoms. The number of hydrogen-bond acceptors (Lipinski definition) is 1. The van der Waals surface area contributed by atoms with Crippen LogP contribution in [0.1, 0.15) is 6.42 Å². The minimum atomic E-state index is 0. The van der Waals surface area contributed by atoms with Gasteiger partial charge >= 0.3 is 16.8 Å². The Bertz CT molecular complexity index is 143. The molecule has 58 valence electrons. The van der Waals surface area contributed by atoms with Gasteiger partial charge in [0, 0.05) is 0 Å². The average molecular weight is 223 g/mol. The molecule has 0 heterocycles. The third kappa shape index (κ3) is 5.06. The van der Waals surface area contributed by atoms with Crippen LogP contribution >= 0.6 is 0 Å². The Kier molecular flexibility index (Phi) is 15.4. The first-order valence-electron chi connectivity index (χ1n) is 2.17. The van der Waals surface area contributed by atoms with Gasteiger partial charge in [-0.25, -0.2) is 6.08 Å². The van der Waals surface area contributed by atoms with Crippen molar-refractivity contribution in [1.29, 1.82) is 0 Å². The fourth-order valence-corrected chi connectivity index (χ4v) is 0.523. The SMILES string of the molecule is O=[C-]C1=CC=CC1.[Cl-].[Cl-].[Co+3]. The second-order valence-corrected chi connectivity index (χ2v) is 1.43. The van der Waals surface area contributed by atoms with Crippen molar-refractivity contribution in [2.45, 2.75) is 6.42 Å². The van der Waals surface area contributed by atoms with E-state index in [9.17, 15) is 4.79 Å². The molecule has 0 bridgehead atoms. The maximum absolute atomic E-state index is 9.77. The van der Waals surface area contributed by atoms with Crippen LogP contribution in [-0.4, -0.2) is 6.29 Å². The number of rotatable bonds is 1. The molecule has 0 aliphatic heterocycles. The molecular weight excluding hydrogens is 218 g/mol. The van der Waals surface area contributed by atoms with Gasteiger partial charge in [-0.15, -0.1) is 12.2 Å². The molecule has 10 heavy (non-hydrogen) atoms. The van der Waals surface area contributed by atoms with E-state index in [0.29, 0.717) is 0 Å². The second-order valence-electron chi connectivity index (χ2n) is 1.43. The van der Waals surface area contributed by atoms with Gasteiger partial charge in [0.1, 0.15) is 0 Å². The summed E-state index contributed by atoms with van der Waals surface area (Å²) in [7, 11) is 0. The molecule has 0 N–H and O–H groups in total. The monoisotopic (exact) mass is 222 g/mol. The Morgan fingerprint density at radius 2 is 2.00 bits per heavy atom. The van der Waals surface area contributed by atoms with E-state index in [1.54, 1.807) is 6.08 Å². The summed E-state index contributed by atoms with van der Waals surface area (Å²) < 4.78 is 0. The summed E-state index contributed by atoms with van der Waals surface area (Å²) >= 11 is 0. The molecule has 0 saturated heterocycles. The van der Waals surface area contributed by atoms with Crippen molar-refractivity contribution in [2.24, 2.45) is 0 Å². The quantitative estimate of drug-likeness (QED) is 0.407. The van der Waals surface area contributed by atoms with E-state index in [1.807, 2.05) is 18.4 Å². The maximum Gasteiger partial charge on any atom is 3.00 e. The van der Waals surface area contributed by atoms with Crippen LogP contribution in [0.25, 0.3) is 0 Å². The predicted molar refractivity (Wildman–Crippen MR) is 27.5 cm³/mol. The topological polar surface area (TPSA) is 17.1 Å². The number of halogens is 2. The Balaban J connectivity index is -0.000000163. The zero-order valence-electron chi connectivity index (χ0n) is 4.94. The minimum absolute atomic E-state index is 0. The van der Waals surface area contributed by atoms with Crippen LogP contribution in [-0.2, 0) is 21.6 Å². The van der Waals surface area contributed by atoms with Gasteiger partial charge in [0.25, 0.3) is 0 Å². The van der Waals surface area contributed by atoms with Crippen molar-refractivity contribution in [3.8, 4) is 0 Å². The van der Waals surface area contributed by atoms with Crippen LogP contribution in [0.5, 0.6) is 0 Å². The summed E-state index contributed by atoms with van der Waals surface area (Å²) in [4.78, 5) is 9.77. The molecule has 0 unspecified atom stereocenters. The first-order chi connectivity index (χ1) is 3.43. The summed E-state index contributed by atoms with van der Waals surface area (Å²) in [6.07, 6.45) is 8.14. The number of allylic oxidation sites excluding steroid dienone is 4. The molecule has 0 aromatic carbocycles. The molecule has 0 radical (unpaired) electrons. The molecule has 0 amide bonds. The van der Waals surface area contributed by atoms with Crippen LogP contribution in [0.4, 0.5) is 0 Å². The summed E-state index contributed by atoms with van der Waals surface area (Å²) in [5.41, 5.74) is 0.750. The number of carbonyl (C=O) groups excluding carboxylic acids is 1. The summed E-state index contributed by atoms with van der Waals surface area (Å²) in [6, 6.07) is 0. The average Bonchev–Trinajstić information content (AvgIpc) is 2.14. The Labute approximate surface area is 83.0 Å². The van der Waals surface area contributed by atoms with Crippen LogP contribution in [0.2, 0.25) is 0 Å². The molecule has 0 aromatic heterocycles. The van der Waals surface area contributed by atoms with Crippen LogP contribution in [0.15, 0.2) is 23.8 Å². The Hall–Kier alpha value is 0.236. The first kappa shape index (κ1) is 16.7. The zero-order valence-corrected chi connectivity index (χ0v) is 7.49. The van der Waals surface area contributed by atoms with Crippen LogP contribution < -0.4 is 24.8 Å². The summed E-state index contributed by atoms with van der Waals surface area (Å²) in [5, 5.41) is 0. The van der Waals surface area contributed by atoms with Gasteiger partial charge in [-0.05, 0) is 12.7 Å². The standard InChI is InChI=1S/C6H5O.2ClH.Co/c7-5-6-3-1-2-4-6;;;/h1-3H,4H2;2*1H;/q-1;;;+3/p-2. The van der Waals surface area contributed by atoms with E-state index in [2.05, 4.69) is 0 Å². The molecule has 1 nitrogen and oxygen atoms in total. The fourth-order valence-electron chi connectivity index (χ4n) is 0.523. The summed E-state index contributed by atoms with van der Waals surface area (Å²) in [5.74, 6) is 0. The largest absolute Gasteiger partial charge is 3.00 e. The van der Waals surface area contributed by atoms with Crippen molar-refractivity contribution in [3.63, 3.8) is 0 Å². The van der Waals surface area contributed by atoms with Gasteiger partial charge in [-0.1, -0.05) is 0 Å². The van der Waals surface area contributed by atoms with E-state index in [0.717, 1.165) is 12.0 Å². The van der Waals surface area contributed by atoms with Crippen molar-refractivity contribution in [2.75, 3.05) is 0 Å². The molecular formula is C6H5Cl2CoO. The van der Waals surface area contributed by atoms with E-state index < -0.39 is 0 Å². The number of hydrogen-bond donors (Lipinski definition) is 0.